The van der Waals surface area contributed by atoms with Gasteiger partial charge in [-0.25, -0.2) is 4.98 Å². The van der Waals surface area contributed by atoms with Gasteiger partial charge in [0, 0.05) is 50.1 Å². The molecule has 0 fully saturated rings. The fraction of sp³-hybridized carbons (Fsp3) is 0.0392. The molecule has 7 aromatic carbocycles. The summed E-state index contributed by atoms with van der Waals surface area (Å²) >= 11 is 0. The Morgan fingerprint density at radius 2 is 1.22 bits per heavy atom. The second kappa shape index (κ2) is 12.3. The van der Waals surface area contributed by atoms with Crippen LogP contribution < -0.4 is 0 Å². The van der Waals surface area contributed by atoms with E-state index in [-0.39, 0.29) is 0 Å². The first-order chi connectivity index (χ1) is 26.8. The van der Waals surface area contributed by atoms with E-state index >= 15 is 0 Å². The molecule has 0 radical (unpaired) electrons. The number of pyridine rings is 1. The molecule has 0 saturated heterocycles. The fourth-order valence-corrected chi connectivity index (χ4v) is 8.59. The molecule has 0 N–H and O–H groups in total. The first-order valence-corrected chi connectivity index (χ1v) is 18.7. The number of benzene rings is 7. The highest BCUT2D eigenvalue weighted by molar-refractivity contribution is 6.15. The third-order valence-corrected chi connectivity index (χ3v) is 11.1. The number of hydrogen-bond donors (Lipinski definition) is 0. The van der Waals surface area contributed by atoms with Crippen LogP contribution in [-0.4, -0.2) is 9.55 Å². The fourth-order valence-electron chi connectivity index (χ4n) is 8.59. The maximum atomic E-state index is 6.75. The van der Waals surface area contributed by atoms with Crippen molar-refractivity contribution in [2.45, 2.75) is 12.8 Å². The zero-order valence-electron chi connectivity index (χ0n) is 29.5. The summed E-state index contributed by atoms with van der Waals surface area (Å²) in [5, 5.41) is 4.62. The number of hydrogen-bond acceptors (Lipinski definition) is 2. The van der Waals surface area contributed by atoms with Gasteiger partial charge in [0.1, 0.15) is 11.2 Å². The molecule has 0 unspecified atom stereocenters. The van der Waals surface area contributed by atoms with E-state index in [2.05, 4.69) is 181 Å². The zero-order valence-corrected chi connectivity index (χ0v) is 29.5. The summed E-state index contributed by atoms with van der Waals surface area (Å²) in [5.74, 6) is 0. The Morgan fingerprint density at radius 1 is 0.481 bits per heavy atom. The van der Waals surface area contributed by atoms with Crippen molar-refractivity contribution in [1.82, 2.24) is 9.55 Å². The number of aromatic nitrogens is 2. The van der Waals surface area contributed by atoms with Crippen LogP contribution in [0.25, 0.3) is 94.6 Å². The minimum Gasteiger partial charge on any atom is -0.456 e. The molecule has 11 rings (SSSR count). The van der Waals surface area contributed by atoms with Crippen molar-refractivity contribution < 1.29 is 4.42 Å². The van der Waals surface area contributed by atoms with Gasteiger partial charge in [-0.2, -0.15) is 0 Å². The van der Waals surface area contributed by atoms with Gasteiger partial charge in [-0.15, -0.1) is 0 Å². The smallest absolute Gasteiger partial charge is 0.137 e. The van der Waals surface area contributed by atoms with Crippen molar-refractivity contribution in [3.8, 4) is 39.2 Å². The summed E-state index contributed by atoms with van der Waals surface area (Å²) in [4.78, 5) is 5.08. The maximum absolute atomic E-state index is 6.75. The SMILES string of the molecule is C1=C(c2ccccc2)CCc2c1c1cc(-c3ccccc3)ccc1n2-c1ccc2c(c1)oc1cccc(-c3cc(-c4ccccc4)nc4ccccc34)c12. The van der Waals surface area contributed by atoms with Gasteiger partial charge in [0.2, 0.25) is 0 Å². The Kier molecular flexibility index (Phi) is 6.99. The molecular formula is C51H34N2O. The Morgan fingerprint density at radius 3 is 2.04 bits per heavy atom. The highest BCUT2D eigenvalue weighted by atomic mass is 16.3. The van der Waals surface area contributed by atoms with Crippen LogP contribution in [-0.2, 0) is 6.42 Å². The molecule has 3 nitrogen and oxygen atoms in total. The molecule has 3 heterocycles. The predicted molar refractivity (Wildman–Crippen MR) is 225 cm³/mol. The summed E-state index contributed by atoms with van der Waals surface area (Å²) < 4.78 is 9.21. The quantitative estimate of drug-likeness (QED) is 0.180. The van der Waals surface area contributed by atoms with Crippen LogP contribution >= 0.6 is 0 Å². The standard InChI is InChI=1S/C51H34N2O/c1-4-13-33(14-5-1)36-23-27-47-43(29-36)44-30-37(34-15-6-2-7-16-34)24-28-48(44)53(47)38-25-26-41-50(31-38)54-49-22-12-20-40(51(41)49)42-32-46(35-17-8-3-9-18-35)52-45-21-11-10-19-39(42)45/h1-23,25-27,29-32H,24,28H2. The molecule has 3 heteroatoms. The number of para-hydroxylation sites is 1. The lowest BCUT2D eigenvalue weighted by Gasteiger charge is -2.17. The largest absolute Gasteiger partial charge is 0.456 e. The van der Waals surface area contributed by atoms with Crippen LogP contribution in [0.2, 0.25) is 0 Å². The lowest BCUT2D eigenvalue weighted by molar-refractivity contribution is 0.668. The van der Waals surface area contributed by atoms with E-state index in [1.807, 2.05) is 6.07 Å². The van der Waals surface area contributed by atoms with E-state index in [4.69, 9.17) is 9.40 Å². The van der Waals surface area contributed by atoms with E-state index in [1.165, 1.54) is 44.4 Å². The van der Waals surface area contributed by atoms with Crippen molar-refractivity contribution in [3.63, 3.8) is 0 Å². The molecule has 1 aliphatic carbocycles. The van der Waals surface area contributed by atoms with E-state index in [1.54, 1.807) is 0 Å². The summed E-state index contributed by atoms with van der Waals surface area (Å²) in [6, 6.07) is 62.7. The molecule has 0 spiro atoms. The number of fused-ring (bicyclic) bond motifs is 7. The van der Waals surface area contributed by atoms with Gasteiger partial charge in [0.15, 0.2) is 0 Å². The number of nitrogens with zero attached hydrogens (tertiary/aromatic N) is 2. The molecule has 1 aliphatic rings. The number of allylic oxidation sites excluding steroid dienone is 1. The van der Waals surface area contributed by atoms with Gasteiger partial charge >= 0.3 is 0 Å². The minimum absolute atomic E-state index is 0.879. The van der Waals surface area contributed by atoms with Crippen molar-refractivity contribution in [2.24, 2.45) is 0 Å². The highest BCUT2D eigenvalue weighted by Gasteiger charge is 2.24. The first kappa shape index (κ1) is 30.6. The minimum atomic E-state index is 0.879. The lowest BCUT2D eigenvalue weighted by atomic mass is 9.91. The van der Waals surface area contributed by atoms with Crippen LogP contribution in [0.3, 0.4) is 0 Å². The Labute approximate surface area is 313 Å². The molecule has 0 aliphatic heterocycles. The first-order valence-electron chi connectivity index (χ1n) is 18.7. The summed E-state index contributed by atoms with van der Waals surface area (Å²) in [6.07, 6.45) is 4.36. The third-order valence-electron chi connectivity index (χ3n) is 11.1. The predicted octanol–water partition coefficient (Wildman–Crippen LogP) is 13.6. The molecule has 254 valence electrons. The second-order valence-corrected chi connectivity index (χ2v) is 14.2. The van der Waals surface area contributed by atoms with Crippen LogP contribution in [0.5, 0.6) is 0 Å². The van der Waals surface area contributed by atoms with Gasteiger partial charge in [-0.3, -0.25) is 0 Å². The van der Waals surface area contributed by atoms with E-state index in [0.717, 1.165) is 73.8 Å². The van der Waals surface area contributed by atoms with Crippen LogP contribution in [0, 0.1) is 0 Å². The van der Waals surface area contributed by atoms with Crippen LogP contribution in [0.1, 0.15) is 23.2 Å². The maximum Gasteiger partial charge on any atom is 0.137 e. The van der Waals surface area contributed by atoms with E-state index < -0.39 is 0 Å². The second-order valence-electron chi connectivity index (χ2n) is 14.2. The van der Waals surface area contributed by atoms with Crippen molar-refractivity contribution in [1.29, 1.82) is 0 Å². The molecule has 0 atom stereocenters. The topological polar surface area (TPSA) is 31.0 Å². The zero-order chi connectivity index (χ0) is 35.6. The van der Waals surface area contributed by atoms with Crippen molar-refractivity contribution >= 4 is 55.4 Å². The molecule has 10 aromatic rings. The Balaban J connectivity index is 1.11. The van der Waals surface area contributed by atoms with Gasteiger partial charge in [0.05, 0.1) is 16.7 Å². The number of rotatable bonds is 5. The van der Waals surface area contributed by atoms with Crippen molar-refractivity contribution in [3.05, 3.63) is 193 Å². The highest BCUT2D eigenvalue weighted by Crippen LogP contribution is 2.43. The normalized spacial score (nSPS) is 12.8. The van der Waals surface area contributed by atoms with E-state index in [0.29, 0.717) is 0 Å². The van der Waals surface area contributed by atoms with Crippen LogP contribution in [0.4, 0.5) is 0 Å². The Bertz CT molecular complexity index is 3080. The molecular weight excluding hydrogens is 657 g/mol. The third kappa shape index (κ3) is 4.93. The number of furan rings is 1. The van der Waals surface area contributed by atoms with Crippen molar-refractivity contribution in [2.75, 3.05) is 0 Å². The average molecular weight is 691 g/mol. The summed E-state index contributed by atoms with van der Waals surface area (Å²) in [7, 11) is 0. The van der Waals surface area contributed by atoms with Crippen LogP contribution in [0.15, 0.2) is 180 Å². The molecule has 0 amide bonds. The molecule has 0 saturated carbocycles. The van der Waals surface area contributed by atoms with Gasteiger partial charge in [-0.05, 0) is 94.8 Å². The van der Waals surface area contributed by atoms with Gasteiger partial charge in [0.25, 0.3) is 0 Å². The summed E-state index contributed by atoms with van der Waals surface area (Å²) in [6.45, 7) is 0. The van der Waals surface area contributed by atoms with E-state index in [9.17, 15) is 0 Å². The summed E-state index contributed by atoms with van der Waals surface area (Å²) in [5.41, 5.74) is 17.2. The molecule has 3 aromatic heterocycles. The molecule has 0 bridgehead atoms. The van der Waals surface area contributed by atoms with Gasteiger partial charge < -0.3 is 8.98 Å². The average Bonchev–Trinajstić information content (AvgIpc) is 3.79. The Hall–Kier alpha value is -6.97. The molecule has 54 heavy (non-hydrogen) atoms. The lowest BCUT2D eigenvalue weighted by Crippen LogP contribution is -2.05. The van der Waals surface area contributed by atoms with Gasteiger partial charge in [-0.1, -0.05) is 127 Å². The monoisotopic (exact) mass is 690 g/mol.